The van der Waals surface area contributed by atoms with Gasteiger partial charge >= 0.3 is 5.97 Å². The largest absolute Gasteiger partial charge is 0.465 e. The number of ether oxygens (including phenoxy) is 1. The Kier molecular flexibility index (Phi) is 6.78. The lowest BCUT2D eigenvalue weighted by Gasteiger charge is -2.11. The number of carbonyl (C=O) groups is 1. The second kappa shape index (κ2) is 9.48. The summed E-state index contributed by atoms with van der Waals surface area (Å²) in [7, 11) is 5.40. The molecule has 0 fully saturated rings. The van der Waals surface area contributed by atoms with Gasteiger partial charge in [-0.3, -0.25) is 0 Å². The number of rotatable bonds is 7. The first-order valence-corrected chi connectivity index (χ1v) is 10.3. The molecule has 0 radical (unpaired) electrons. The van der Waals surface area contributed by atoms with Crippen LogP contribution in [-0.4, -0.2) is 43.6 Å². The normalized spacial score (nSPS) is 11.0. The summed E-state index contributed by atoms with van der Waals surface area (Å²) in [5, 5.41) is 8.92. The van der Waals surface area contributed by atoms with Crippen molar-refractivity contribution in [1.29, 1.82) is 0 Å². The minimum absolute atomic E-state index is 0.331. The van der Waals surface area contributed by atoms with E-state index in [2.05, 4.69) is 20.1 Å². The van der Waals surface area contributed by atoms with Crippen LogP contribution in [0.5, 0.6) is 0 Å². The van der Waals surface area contributed by atoms with E-state index in [1.54, 1.807) is 30.1 Å². The molecule has 1 heterocycles. The van der Waals surface area contributed by atoms with Crippen LogP contribution in [0.2, 0.25) is 0 Å². The standard InChI is InChI=1S/C20H20N4O2S2/c1-24(2)17-10-6-14(7-11-17)12-21-19-22-23-20(28-19)27-13-15-4-8-16(9-5-15)18(25)26-3/h4-12H,13H2,1-3H3/b21-12+. The molecule has 6 nitrogen and oxygen atoms in total. The fourth-order valence-electron chi connectivity index (χ4n) is 2.30. The molecule has 0 aliphatic heterocycles. The van der Waals surface area contributed by atoms with E-state index in [0.717, 1.165) is 26.9 Å². The molecule has 0 spiro atoms. The lowest BCUT2D eigenvalue weighted by atomic mass is 10.1. The third-order valence-corrected chi connectivity index (χ3v) is 5.90. The molecule has 1 aromatic heterocycles. The maximum absolute atomic E-state index is 11.5. The average Bonchev–Trinajstić information content (AvgIpc) is 3.18. The molecule has 8 heteroatoms. The topological polar surface area (TPSA) is 67.7 Å². The Hall–Kier alpha value is -2.71. The highest BCUT2D eigenvalue weighted by Crippen LogP contribution is 2.29. The highest BCUT2D eigenvalue weighted by molar-refractivity contribution is 8.00. The lowest BCUT2D eigenvalue weighted by molar-refractivity contribution is 0.0600. The Balaban J connectivity index is 1.56. The van der Waals surface area contributed by atoms with E-state index in [1.165, 1.54) is 18.4 Å². The van der Waals surface area contributed by atoms with E-state index in [4.69, 9.17) is 4.74 Å². The van der Waals surface area contributed by atoms with Crippen molar-refractivity contribution in [3.8, 4) is 0 Å². The van der Waals surface area contributed by atoms with Crippen LogP contribution >= 0.6 is 23.1 Å². The highest BCUT2D eigenvalue weighted by Gasteiger charge is 2.07. The third kappa shape index (κ3) is 5.40. The Morgan fingerprint density at radius 1 is 1.14 bits per heavy atom. The van der Waals surface area contributed by atoms with Crippen molar-refractivity contribution < 1.29 is 9.53 Å². The summed E-state index contributed by atoms with van der Waals surface area (Å²) in [6.07, 6.45) is 1.79. The van der Waals surface area contributed by atoms with Gasteiger partial charge < -0.3 is 9.64 Å². The fourth-order valence-corrected chi connectivity index (χ4v) is 3.94. The van der Waals surface area contributed by atoms with Crippen LogP contribution in [0.25, 0.3) is 0 Å². The van der Waals surface area contributed by atoms with Crippen molar-refractivity contribution in [1.82, 2.24) is 10.2 Å². The van der Waals surface area contributed by atoms with Crippen LogP contribution in [0.1, 0.15) is 21.5 Å². The predicted octanol–water partition coefficient (Wildman–Crippen LogP) is 4.43. The highest BCUT2D eigenvalue weighted by atomic mass is 32.2. The van der Waals surface area contributed by atoms with Gasteiger partial charge in [0, 0.05) is 31.8 Å². The van der Waals surface area contributed by atoms with Crippen LogP contribution in [0.3, 0.4) is 0 Å². The van der Waals surface area contributed by atoms with E-state index >= 15 is 0 Å². The minimum atomic E-state index is -0.331. The minimum Gasteiger partial charge on any atom is -0.465 e. The molecular formula is C20H20N4O2S2. The van der Waals surface area contributed by atoms with Gasteiger partial charge in [0.05, 0.1) is 12.7 Å². The summed E-state index contributed by atoms with van der Waals surface area (Å²) < 4.78 is 5.56. The van der Waals surface area contributed by atoms with Crippen molar-refractivity contribution in [2.45, 2.75) is 10.1 Å². The Morgan fingerprint density at radius 2 is 1.86 bits per heavy atom. The number of thioether (sulfide) groups is 1. The lowest BCUT2D eigenvalue weighted by Crippen LogP contribution is -2.08. The first kappa shape index (κ1) is 20.0. The number of benzene rings is 2. The molecule has 0 aliphatic carbocycles. The molecule has 0 N–H and O–H groups in total. The van der Waals surface area contributed by atoms with Gasteiger partial charge in [-0.15, -0.1) is 10.2 Å². The molecule has 0 unspecified atom stereocenters. The van der Waals surface area contributed by atoms with Gasteiger partial charge in [-0.25, -0.2) is 9.79 Å². The molecule has 3 rings (SSSR count). The molecule has 0 saturated heterocycles. The van der Waals surface area contributed by atoms with Gasteiger partial charge in [-0.2, -0.15) is 0 Å². The summed E-state index contributed by atoms with van der Waals surface area (Å²) in [5.41, 5.74) is 3.80. The zero-order chi connectivity index (χ0) is 19.9. The van der Waals surface area contributed by atoms with Crippen molar-refractivity contribution in [2.75, 3.05) is 26.1 Å². The van der Waals surface area contributed by atoms with Gasteiger partial charge in [-0.1, -0.05) is 47.4 Å². The first-order valence-electron chi connectivity index (χ1n) is 8.50. The van der Waals surface area contributed by atoms with Crippen LogP contribution < -0.4 is 4.90 Å². The SMILES string of the molecule is COC(=O)c1ccc(CSc2nnc(/N=C/c3ccc(N(C)C)cc3)s2)cc1. The maximum atomic E-state index is 11.5. The van der Waals surface area contributed by atoms with Gasteiger partial charge in [0.1, 0.15) is 0 Å². The number of nitrogens with zero attached hydrogens (tertiary/aromatic N) is 4. The quantitative estimate of drug-likeness (QED) is 0.325. The van der Waals surface area contributed by atoms with E-state index in [9.17, 15) is 4.79 Å². The number of aromatic nitrogens is 2. The summed E-state index contributed by atoms with van der Waals surface area (Å²) >= 11 is 3.04. The maximum Gasteiger partial charge on any atom is 0.337 e. The zero-order valence-corrected chi connectivity index (χ0v) is 17.5. The van der Waals surface area contributed by atoms with Crippen molar-refractivity contribution in [3.05, 3.63) is 65.2 Å². The second-order valence-corrected chi connectivity index (χ2v) is 8.25. The number of aliphatic imine (C=N–C) groups is 1. The van der Waals surface area contributed by atoms with E-state index in [0.29, 0.717) is 10.7 Å². The zero-order valence-electron chi connectivity index (χ0n) is 15.8. The second-order valence-electron chi connectivity index (χ2n) is 6.07. The first-order chi connectivity index (χ1) is 13.5. The van der Waals surface area contributed by atoms with Crippen LogP contribution in [-0.2, 0) is 10.5 Å². The number of hydrogen-bond acceptors (Lipinski definition) is 8. The van der Waals surface area contributed by atoms with Crippen LogP contribution in [0.4, 0.5) is 10.8 Å². The summed E-state index contributed by atoms with van der Waals surface area (Å²) in [5.74, 6) is 0.411. The molecule has 0 bridgehead atoms. The fraction of sp³-hybridized carbons (Fsp3) is 0.200. The van der Waals surface area contributed by atoms with Crippen molar-refractivity contribution in [2.24, 2.45) is 4.99 Å². The molecule has 0 saturated carbocycles. The summed E-state index contributed by atoms with van der Waals surface area (Å²) in [6.45, 7) is 0. The Labute approximate surface area is 172 Å². The number of anilines is 1. The Bertz CT molecular complexity index is 951. The van der Waals surface area contributed by atoms with Gasteiger partial charge in [0.2, 0.25) is 5.13 Å². The average molecular weight is 413 g/mol. The van der Waals surface area contributed by atoms with E-state index in [-0.39, 0.29) is 5.97 Å². The van der Waals surface area contributed by atoms with Crippen LogP contribution in [0.15, 0.2) is 57.9 Å². The molecule has 0 aliphatic rings. The molecule has 3 aromatic rings. The van der Waals surface area contributed by atoms with E-state index in [1.807, 2.05) is 50.5 Å². The number of hydrogen-bond donors (Lipinski definition) is 0. The van der Waals surface area contributed by atoms with Gasteiger partial charge in [-0.05, 0) is 35.4 Å². The third-order valence-electron chi connectivity index (χ3n) is 3.87. The number of esters is 1. The molecule has 0 atom stereocenters. The predicted molar refractivity (Wildman–Crippen MR) is 115 cm³/mol. The number of carbonyl (C=O) groups excluding carboxylic acids is 1. The monoisotopic (exact) mass is 412 g/mol. The van der Waals surface area contributed by atoms with Crippen molar-refractivity contribution >= 4 is 46.1 Å². The van der Waals surface area contributed by atoms with Gasteiger partial charge in [0.25, 0.3) is 0 Å². The summed E-state index contributed by atoms with van der Waals surface area (Å²) in [6, 6.07) is 15.5. The van der Waals surface area contributed by atoms with Gasteiger partial charge in [0.15, 0.2) is 4.34 Å². The number of methoxy groups -OCH3 is 1. The molecule has 144 valence electrons. The van der Waals surface area contributed by atoms with Crippen molar-refractivity contribution in [3.63, 3.8) is 0 Å². The van der Waals surface area contributed by atoms with E-state index < -0.39 is 0 Å². The molecular weight excluding hydrogens is 392 g/mol. The van der Waals surface area contributed by atoms with Crippen LogP contribution in [0, 0.1) is 0 Å². The summed E-state index contributed by atoms with van der Waals surface area (Å²) in [4.78, 5) is 17.9. The smallest absolute Gasteiger partial charge is 0.337 e. The molecule has 28 heavy (non-hydrogen) atoms. The Morgan fingerprint density at radius 3 is 2.50 bits per heavy atom. The molecule has 0 amide bonds. The molecule has 2 aromatic carbocycles.